The fourth-order valence-corrected chi connectivity index (χ4v) is 3.55. The average molecular weight is 333 g/mol. The van der Waals surface area contributed by atoms with E-state index in [1.807, 2.05) is 4.90 Å². The van der Waals surface area contributed by atoms with Gasteiger partial charge in [0.1, 0.15) is 10.0 Å². The summed E-state index contributed by atoms with van der Waals surface area (Å²) in [6.45, 7) is 2.03. The molecular formula is C12H17ClN4O3S. The fourth-order valence-electron chi connectivity index (χ4n) is 2.07. The number of piperazine rings is 1. The number of pyridine rings is 1. The molecule has 1 aliphatic rings. The smallest absolute Gasteiger partial charge is 0.244 e. The quantitative estimate of drug-likeness (QED) is 0.771. The first-order valence-electron chi connectivity index (χ1n) is 6.48. The second kappa shape index (κ2) is 6.69. The fraction of sp³-hybridized carbons (Fsp3) is 0.500. The molecule has 116 valence electrons. The molecule has 1 aliphatic heterocycles. The normalized spacial score (nSPS) is 17.6. The highest BCUT2D eigenvalue weighted by Gasteiger charge is 2.29. The van der Waals surface area contributed by atoms with Crippen molar-refractivity contribution in [2.45, 2.75) is 4.90 Å². The number of carbonyl (C=O) groups is 1. The van der Waals surface area contributed by atoms with Crippen LogP contribution >= 0.6 is 11.6 Å². The Morgan fingerprint density at radius 1 is 1.33 bits per heavy atom. The number of likely N-dealkylation sites (N-methyl/N-ethyl adjacent to an activating group) is 1. The monoisotopic (exact) mass is 332 g/mol. The first-order chi connectivity index (χ1) is 9.93. The van der Waals surface area contributed by atoms with E-state index in [1.165, 1.54) is 22.6 Å². The van der Waals surface area contributed by atoms with Crippen molar-refractivity contribution in [3.8, 4) is 0 Å². The van der Waals surface area contributed by atoms with Crippen molar-refractivity contribution >= 4 is 27.5 Å². The van der Waals surface area contributed by atoms with Crippen molar-refractivity contribution in [1.29, 1.82) is 0 Å². The van der Waals surface area contributed by atoms with Gasteiger partial charge in [0.15, 0.2) is 0 Å². The van der Waals surface area contributed by atoms with Crippen LogP contribution in [-0.4, -0.2) is 68.3 Å². The van der Waals surface area contributed by atoms with E-state index in [-0.39, 0.29) is 22.5 Å². The summed E-state index contributed by atoms with van der Waals surface area (Å²) in [6.07, 6.45) is 1.26. The van der Waals surface area contributed by atoms with Crippen LogP contribution in [0.3, 0.4) is 0 Å². The molecule has 0 spiro atoms. The molecule has 1 aromatic rings. The molecule has 1 N–H and O–H groups in total. The van der Waals surface area contributed by atoms with E-state index in [0.717, 1.165) is 0 Å². The lowest BCUT2D eigenvalue weighted by Gasteiger charge is -2.33. The van der Waals surface area contributed by atoms with Crippen molar-refractivity contribution in [1.82, 2.24) is 19.5 Å². The number of amides is 1. The van der Waals surface area contributed by atoms with E-state index in [4.69, 9.17) is 11.6 Å². The van der Waals surface area contributed by atoms with Gasteiger partial charge in [-0.2, -0.15) is 4.31 Å². The minimum Gasteiger partial charge on any atom is -0.358 e. The lowest BCUT2D eigenvalue weighted by Crippen LogP contribution is -2.50. The highest BCUT2D eigenvalue weighted by atomic mass is 35.5. The molecule has 7 nitrogen and oxygen atoms in total. The first-order valence-corrected chi connectivity index (χ1v) is 8.30. The van der Waals surface area contributed by atoms with Gasteiger partial charge in [-0.3, -0.25) is 9.69 Å². The Balaban J connectivity index is 2.01. The lowest BCUT2D eigenvalue weighted by atomic mass is 10.3. The summed E-state index contributed by atoms with van der Waals surface area (Å²) in [7, 11) is -1.97. The minimum atomic E-state index is -3.55. The van der Waals surface area contributed by atoms with Gasteiger partial charge >= 0.3 is 0 Å². The molecule has 0 radical (unpaired) electrons. The number of hydrogen-bond donors (Lipinski definition) is 1. The number of nitrogens with zero attached hydrogens (tertiary/aromatic N) is 3. The van der Waals surface area contributed by atoms with E-state index in [9.17, 15) is 13.2 Å². The zero-order chi connectivity index (χ0) is 15.5. The SMILES string of the molecule is CNC(=O)CN1CCN(S(=O)(=O)c2ccc(Cl)nc2)CC1. The van der Waals surface area contributed by atoms with Crippen molar-refractivity contribution in [2.24, 2.45) is 0 Å². The van der Waals surface area contributed by atoms with E-state index >= 15 is 0 Å². The summed E-state index contributed by atoms with van der Waals surface area (Å²) < 4.78 is 26.3. The maximum atomic E-state index is 12.4. The van der Waals surface area contributed by atoms with E-state index in [1.54, 1.807) is 7.05 Å². The van der Waals surface area contributed by atoms with Crippen LogP contribution in [-0.2, 0) is 14.8 Å². The number of carbonyl (C=O) groups excluding carboxylic acids is 1. The standard InChI is InChI=1S/C12H17ClN4O3S/c1-14-12(18)9-16-4-6-17(7-5-16)21(19,20)10-2-3-11(13)15-8-10/h2-3,8H,4-7,9H2,1H3,(H,14,18). The van der Waals surface area contributed by atoms with Crippen molar-refractivity contribution in [2.75, 3.05) is 39.8 Å². The number of hydrogen-bond acceptors (Lipinski definition) is 5. The molecule has 1 amide bonds. The lowest BCUT2D eigenvalue weighted by molar-refractivity contribution is -0.122. The molecule has 0 aliphatic carbocycles. The van der Waals surface area contributed by atoms with Gasteiger partial charge in [-0.05, 0) is 12.1 Å². The summed E-state index contributed by atoms with van der Waals surface area (Å²) in [5.41, 5.74) is 0. The zero-order valence-corrected chi connectivity index (χ0v) is 13.2. The summed E-state index contributed by atoms with van der Waals surface area (Å²) in [5, 5.41) is 2.81. The minimum absolute atomic E-state index is 0.0757. The molecule has 2 heterocycles. The van der Waals surface area contributed by atoms with Crippen LogP contribution < -0.4 is 5.32 Å². The van der Waals surface area contributed by atoms with Gasteiger partial charge in [0.05, 0.1) is 6.54 Å². The molecule has 0 atom stereocenters. The summed E-state index contributed by atoms with van der Waals surface area (Å²) >= 11 is 5.66. The molecule has 0 bridgehead atoms. The van der Waals surface area contributed by atoms with Gasteiger partial charge in [-0.15, -0.1) is 0 Å². The zero-order valence-electron chi connectivity index (χ0n) is 11.6. The molecule has 2 rings (SSSR count). The molecule has 0 unspecified atom stereocenters. The van der Waals surface area contributed by atoms with Gasteiger partial charge in [0.25, 0.3) is 0 Å². The first kappa shape index (κ1) is 16.2. The van der Waals surface area contributed by atoms with E-state index in [0.29, 0.717) is 26.2 Å². The van der Waals surface area contributed by atoms with E-state index in [2.05, 4.69) is 10.3 Å². The molecule has 1 saturated heterocycles. The molecule has 9 heteroatoms. The van der Waals surface area contributed by atoms with Crippen molar-refractivity contribution in [3.05, 3.63) is 23.5 Å². The van der Waals surface area contributed by atoms with Crippen LogP contribution in [0, 0.1) is 0 Å². The van der Waals surface area contributed by atoms with Crippen LogP contribution in [0.4, 0.5) is 0 Å². The Labute approximate surface area is 128 Å². The Kier molecular flexibility index (Phi) is 5.15. The Morgan fingerprint density at radius 2 is 2.00 bits per heavy atom. The molecule has 0 aromatic carbocycles. The highest BCUT2D eigenvalue weighted by Crippen LogP contribution is 2.18. The van der Waals surface area contributed by atoms with Gasteiger partial charge in [-0.25, -0.2) is 13.4 Å². The Morgan fingerprint density at radius 3 is 2.52 bits per heavy atom. The van der Waals surface area contributed by atoms with Crippen LogP contribution in [0.5, 0.6) is 0 Å². The molecule has 1 aromatic heterocycles. The largest absolute Gasteiger partial charge is 0.358 e. The number of rotatable bonds is 4. The van der Waals surface area contributed by atoms with Gasteiger partial charge in [-0.1, -0.05) is 11.6 Å². The second-order valence-electron chi connectivity index (χ2n) is 4.67. The Hall–Kier alpha value is -1.22. The maximum absolute atomic E-state index is 12.4. The third-order valence-corrected chi connectivity index (χ3v) is 5.42. The van der Waals surface area contributed by atoms with Crippen molar-refractivity contribution in [3.63, 3.8) is 0 Å². The molecule has 0 saturated carbocycles. The Bertz CT molecular complexity index is 597. The second-order valence-corrected chi connectivity index (χ2v) is 7.00. The average Bonchev–Trinajstić information content (AvgIpc) is 2.48. The summed E-state index contributed by atoms with van der Waals surface area (Å²) in [6, 6.07) is 2.90. The summed E-state index contributed by atoms with van der Waals surface area (Å²) in [4.78, 5) is 17.2. The van der Waals surface area contributed by atoms with Crippen molar-refractivity contribution < 1.29 is 13.2 Å². The number of nitrogens with one attached hydrogen (secondary N) is 1. The predicted octanol–water partition coefficient (Wildman–Crippen LogP) is -0.213. The third-order valence-electron chi connectivity index (χ3n) is 3.32. The number of sulfonamides is 1. The molecule has 1 fully saturated rings. The third kappa shape index (κ3) is 3.91. The predicted molar refractivity (Wildman–Crippen MR) is 78.5 cm³/mol. The molecule has 21 heavy (non-hydrogen) atoms. The van der Waals surface area contributed by atoms with Crippen LogP contribution in [0.25, 0.3) is 0 Å². The topological polar surface area (TPSA) is 82.6 Å². The van der Waals surface area contributed by atoms with Gasteiger partial charge in [0, 0.05) is 39.4 Å². The van der Waals surface area contributed by atoms with Crippen LogP contribution in [0.15, 0.2) is 23.2 Å². The molecular weight excluding hydrogens is 316 g/mol. The van der Waals surface area contributed by atoms with Gasteiger partial charge in [0.2, 0.25) is 15.9 Å². The number of halogens is 1. The maximum Gasteiger partial charge on any atom is 0.244 e. The van der Waals surface area contributed by atoms with E-state index < -0.39 is 10.0 Å². The summed E-state index contributed by atoms with van der Waals surface area (Å²) in [5.74, 6) is -0.0757. The van der Waals surface area contributed by atoms with Crippen LogP contribution in [0.1, 0.15) is 0 Å². The number of aromatic nitrogens is 1. The highest BCUT2D eigenvalue weighted by molar-refractivity contribution is 7.89. The van der Waals surface area contributed by atoms with Gasteiger partial charge < -0.3 is 5.32 Å². The van der Waals surface area contributed by atoms with Crippen LogP contribution in [0.2, 0.25) is 5.15 Å².